The molecule has 1 aliphatic rings. The van der Waals surface area contributed by atoms with Gasteiger partial charge in [-0.3, -0.25) is 4.79 Å². The van der Waals surface area contributed by atoms with Crippen LogP contribution in [0.4, 0.5) is 10.8 Å². The third-order valence-corrected chi connectivity index (χ3v) is 5.20. The number of methoxy groups -OCH3 is 1. The zero-order valence-electron chi connectivity index (χ0n) is 15.0. The number of benzene rings is 1. The van der Waals surface area contributed by atoms with Crippen LogP contribution >= 0.6 is 11.3 Å². The van der Waals surface area contributed by atoms with Gasteiger partial charge in [0, 0.05) is 11.8 Å². The number of rotatable bonds is 6. The lowest BCUT2D eigenvalue weighted by atomic mass is 9.88. The van der Waals surface area contributed by atoms with E-state index >= 15 is 0 Å². The van der Waals surface area contributed by atoms with Gasteiger partial charge in [-0.1, -0.05) is 26.0 Å². The Bertz CT molecular complexity index is 759. The Morgan fingerprint density at radius 2 is 2.20 bits per heavy atom. The summed E-state index contributed by atoms with van der Waals surface area (Å²) in [5.74, 6) is 1.08. The first-order chi connectivity index (χ1) is 11.9. The van der Waals surface area contributed by atoms with Gasteiger partial charge in [-0.05, 0) is 31.4 Å². The zero-order valence-corrected chi connectivity index (χ0v) is 15.9. The second-order valence-electron chi connectivity index (χ2n) is 7.05. The molecule has 0 amide bonds. The molecule has 1 saturated heterocycles. The number of nitrogens with one attached hydrogen (secondary N) is 1. The lowest BCUT2D eigenvalue weighted by Crippen LogP contribution is -2.21. The van der Waals surface area contributed by atoms with E-state index in [4.69, 9.17) is 9.47 Å². The van der Waals surface area contributed by atoms with E-state index in [1.54, 1.807) is 7.11 Å². The van der Waals surface area contributed by atoms with Crippen molar-refractivity contribution in [1.29, 1.82) is 0 Å². The second-order valence-corrected chi connectivity index (χ2v) is 7.90. The van der Waals surface area contributed by atoms with Gasteiger partial charge in [0.15, 0.2) is 10.7 Å². The topological polar surface area (TPSA) is 60.5 Å². The number of aromatic nitrogens is 1. The number of hydrogen-bond acceptors (Lipinski definition) is 6. The van der Waals surface area contributed by atoms with E-state index in [1.807, 2.05) is 36.6 Å². The molecule has 0 radical (unpaired) electrons. The molecular formula is C19H24N2O3S. The van der Waals surface area contributed by atoms with Crippen molar-refractivity contribution in [3.63, 3.8) is 0 Å². The average molecular weight is 360 g/mol. The van der Waals surface area contributed by atoms with Gasteiger partial charge >= 0.3 is 5.97 Å². The standard InChI is InChI=1S/C19H24N2O3S/c1-12(2)9-13-10-19(3,24-17(13)22)16-11-25-18(21-16)20-14-7-5-6-8-15(14)23-4/h5-8,11-13H,9-10H2,1-4H3,(H,20,21)/t13-,19+/m1/s1. The number of thiazole rings is 1. The molecule has 2 aromatic rings. The highest BCUT2D eigenvalue weighted by Gasteiger charge is 2.46. The van der Waals surface area contributed by atoms with Gasteiger partial charge in [0.25, 0.3) is 0 Å². The Hall–Kier alpha value is -2.08. The van der Waals surface area contributed by atoms with E-state index < -0.39 is 5.60 Å². The SMILES string of the molecule is COc1ccccc1Nc1nc([C@]2(C)C[C@@H](CC(C)C)C(=O)O2)cs1. The van der Waals surface area contributed by atoms with E-state index in [2.05, 4.69) is 24.1 Å². The maximum absolute atomic E-state index is 12.2. The van der Waals surface area contributed by atoms with Crippen LogP contribution in [0.3, 0.4) is 0 Å². The highest BCUT2D eigenvalue weighted by Crippen LogP contribution is 2.42. The number of carbonyl (C=O) groups excluding carboxylic acids is 1. The summed E-state index contributed by atoms with van der Waals surface area (Å²) in [6, 6.07) is 7.70. The minimum absolute atomic E-state index is 0.0441. The van der Waals surface area contributed by atoms with Crippen molar-refractivity contribution in [2.75, 3.05) is 12.4 Å². The predicted molar refractivity (Wildman–Crippen MR) is 99.4 cm³/mol. The molecule has 2 atom stereocenters. The molecule has 0 aliphatic carbocycles. The maximum atomic E-state index is 12.2. The highest BCUT2D eigenvalue weighted by atomic mass is 32.1. The number of carbonyl (C=O) groups is 1. The number of cyclic esters (lactones) is 1. The quantitative estimate of drug-likeness (QED) is 0.755. The van der Waals surface area contributed by atoms with E-state index in [1.165, 1.54) is 11.3 Å². The molecule has 25 heavy (non-hydrogen) atoms. The molecule has 134 valence electrons. The van der Waals surface area contributed by atoms with Crippen molar-refractivity contribution < 1.29 is 14.3 Å². The van der Waals surface area contributed by atoms with Crippen LogP contribution in [0.5, 0.6) is 5.75 Å². The maximum Gasteiger partial charge on any atom is 0.310 e. The van der Waals surface area contributed by atoms with Crippen LogP contribution in [0.25, 0.3) is 0 Å². The fourth-order valence-electron chi connectivity index (χ4n) is 3.24. The number of ether oxygens (including phenoxy) is 2. The van der Waals surface area contributed by atoms with E-state index in [-0.39, 0.29) is 11.9 Å². The highest BCUT2D eigenvalue weighted by molar-refractivity contribution is 7.13. The number of nitrogens with zero attached hydrogens (tertiary/aromatic N) is 1. The Morgan fingerprint density at radius 1 is 1.44 bits per heavy atom. The average Bonchev–Trinajstić information content (AvgIpc) is 3.13. The van der Waals surface area contributed by atoms with Gasteiger partial charge in [-0.2, -0.15) is 0 Å². The molecule has 1 aliphatic heterocycles. The van der Waals surface area contributed by atoms with Gasteiger partial charge in [-0.25, -0.2) is 4.98 Å². The Balaban J connectivity index is 1.76. The van der Waals surface area contributed by atoms with Crippen LogP contribution in [0, 0.1) is 11.8 Å². The molecule has 0 spiro atoms. The fourth-order valence-corrected chi connectivity index (χ4v) is 4.09. The molecule has 2 heterocycles. The smallest absolute Gasteiger partial charge is 0.310 e. The number of anilines is 2. The monoisotopic (exact) mass is 360 g/mol. The summed E-state index contributed by atoms with van der Waals surface area (Å²) < 4.78 is 11.1. The van der Waals surface area contributed by atoms with Crippen LogP contribution in [0.1, 0.15) is 39.3 Å². The van der Waals surface area contributed by atoms with E-state index in [0.29, 0.717) is 12.3 Å². The van der Waals surface area contributed by atoms with Crippen molar-refractivity contribution in [2.24, 2.45) is 11.8 Å². The van der Waals surface area contributed by atoms with Gasteiger partial charge < -0.3 is 14.8 Å². The number of esters is 1. The fraction of sp³-hybridized carbons (Fsp3) is 0.474. The molecule has 0 unspecified atom stereocenters. The van der Waals surface area contributed by atoms with Crippen molar-refractivity contribution >= 4 is 28.1 Å². The van der Waals surface area contributed by atoms with Crippen LogP contribution < -0.4 is 10.1 Å². The lowest BCUT2D eigenvalue weighted by Gasteiger charge is -2.20. The molecule has 1 aromatic carbocycles. The molecule has 1 N–H and O–H groups in total. The zero-order chi connectivity index (χ0) is 18.0. The van der Waals surface area contributed by atoms with Crippen molar-refractivity contribution in [3.8, 4) is 5.75 Å². The van der Waals surface area contributed by atoms with Crippen LogP contribution in [-0.4, -0.2) is 18.1 Å². The van der Waals surface area contributed by atoms with Gasteiger partial charge in [0.05, 0.1) is 24.4 Å². The minimum Gasteiger partial charge on any atom is -0.495 e. The summed E-state index contributed by atoms with van der Waals surface area (Å²) in [5, 5.41) is 6.00. The second kappa shape index (κ2) is 7.04. The summed E-state index contributed by atoms with van der Waals surface area (Å²) in [4.78, 5) is 16.9. The Labute approximate surface area is 152 Å². The summed E-state index contributed by atoms with van der Waals surface area (Å²) in [7, 11) is 1.64. The van der Waals surface area contributed by atoms with Crippen LogP contribution in [-0.2, 0) is 15.1 Å². The van der Waals surface area contributed by atoms with Crippen LogP contribution in [0.15, 0.2) is 29.6 Å². The lowest BCUT2D eigenvalue weighted by molar-refractivity contribution is -0.150. The van der Waals surface area contributed by atoms with Gasteiger partial charge in [-0.15, -0.1) is 11.3 Å². The first-order valence-electron chi connectivity index (χ1n) is 8.50. The van der Waals surface area contributed by atoms with Gasteiger partial charge in [0.2, 0.25) is 0 Å². The van der Waals surface area contributed by atoms with Crippen molar-refractivity contribution in [3.05, 3.63) is 35.3 Å². The molecule has 1 fully saturated rings. The molecular weight excluding hydrogens is 336 g/mol. The van der Waals surface area contributed by atoms with E-state index in [0.717, 1.165) is 28.7 Å². The molecule has 3 rings (SSSR count). The first kappa shape index (κ1) is 17.7. The summed E-state index contributed by atoms with van der Waals surface area (Å²) >= 11 is 1.50. The summed E-state index contributed by atoms with van der Waals surface area (Å²) in [5.41, 5.74) is 1.01. The normalized spacial score (nSPS) is 22.9. The van der Waals surface area contributed by atoms with Gasteiger partial charge in [0.1, 0.15) is 5.75 Å². The first-order valence-corrected chi connectivity index (χ1v) is 9.38. The van der Waals surface area contributed by atoms with Crippen molar-refractivity contribution in [1.82, 2.24) is 4.98 Å². The number of para-hydroxylation sites is 2. The third kappa shape index (κ3) is 3.79. The van der Waals surface area contributed by atoms with Crippen LogP contribution in [0.2, 0.25) is 0 Å². The molecule has 1 aromatic heterocycles. The molecule has 0 bridgehead atoms. The third-order valence-electron chi connectivity index (χ3n) is 4.45. The predicted octanol–water partition coefficient (Wildman–Crippen LogP) is 4.72. The van der Waals surface area contributed by atoms with Crippen molar-refractivity contribution in [2.45, 2.75) is 39.2 Å². The molecule has 0 saturated carbocycles. The number of hydrogen-bond donors (Lipinski definition) is 1. The van der Waals surface area contributed by atoms with E-state index in [9.17, 15) is 4.79 Å². The molecule has 5 nitrogen and oxygen atoms in total. The summed E-state index contributed by atoms with van der Waals surface area (Å²) in [6.45, 7) is 6.20. The minimum atomic E-state index is -0.645. The largest absolute Gasteiger partial charge is 0.495 e. The Kier molecular flexibility index (Phi) is 4.99. The summed E-state index contributed by atoms with van der Waals surface area (Å²) in [6.07, 6.45) is 1.53. The Morgan fingerprint density at radius 3 is 2.92 bits per heavy atom. The molecule has 6 heteroatoms.